The molecule has 0 unspecified atom stereocenters. The van der Waals surface area contributed by atoms with Crippen LogP contribution >= 0.6 is 0 Å². The lowest BCUT2D eigenvalue weighted by molar-refractivity contribution is 1.13. The minimum absolute atomic E-state index is 0.559. The van der Waals surface area contributed by atoms with Crippen molar-refractivity contribution >= 4 is 22.7 Å². The molecule has 96 valence electrons. The molecule has 0 aliphatic rings. The second kappa shape index (κ2) is 5.32. The van der Waals surface area contributed by atoms with Crippen LogP contribution in [-0.4, -0.2) is 14.1 Å². The first-order valence-corrected chi connectivity index (χ1v) is 5.95. The van der Waals surface area contributed by atoms with Crippen LogP contribution in [-0.2, 0) is 0 Å². The van der Waals surface area contributed by atoms with Gasteiger partial charge in [-0.2, -0.15) is 5.26 Å². The van der Waals surface area contributed by atoms with Gasteiger partial charge in [-0.1, -0.05) is 12.1 Å². The second-order valence-electron chi connectivity index (χ2n) is 4.45. The van der Waals surface area contributed by atoms with E-state index in [1.54, 1.807) is 12.1 Å². The molecule has 0 aliphatic carbocycles. The fourth-order valence-corrected chi connectivity index (χ4v) is 1.86. The summed E-state index contributed by atoms with van der Waals surface area (Å²) in [4.78, 5) is 2.03. The number of nitriles is 1. The van der Waals surface area contributed by atoms with E-state index in [-0.39, 0.29) is 0 Å². The van der Waals surface area contributed by atoms with Crippen molar-refractivity contribution in [2.75, 3.05) is 30.0 Å². The average molecular weight is 252 g/mol. The maximum atomic E-state index is 8.83. The van der Waals surface area contributed by atoms with Gasteiger partial charge in [0.25, 0.3) is 0 Å². The smallest absolute Gasteiger partial charge is 0.0992 e. The molecule has 2 rings (SSSR count). The normalized spacial score (nSPS) is 9.74. The number of nitrogen functional groups attached to an aromatic ring is 1. The van der Waals surface area contributed by atoms with Crippen molar-refractivity contribution in [3.8, 4) is 6.07 Å². The molecule has 0 bridgehead atoms. The first-order chi connectivity index (χ1) is 9.11. The van der Waals surface area contributed by atoms with Crippen LogP contribution in [0.3, 0.4) is 0 Å². The lowest BCUT2D eigenvalue weighted by Gasteiger charge is -2.19. The molecule has 4 heteroatoms. The van der Waals surface area contributed by atoms with Crippen molar-refractivity contribution in [1.82, 2.24) is 0 Å². The predicted molar refractivity (Wildman–Crippen MR) is 79.6 cm³/mol. The molecule has 4 nitrogen and oxygen atoms in total. The average Bonchev–Trinajstić information content (AvgIpc) is 2.41. The fourth-order valence-electron chi connectivity index (χ4n) is 1.86. The Labute approximate surface area is 113 Å². The molecule has 0 spiro atoms. The number of hydrogen-bond acceptors (Lipinski definition) is 4. The summed E-state index contributed by atoms with van der Waals surface area (Å²) in [6.45, 7) is 0. The van der Waals surface area contributed by atoms with Crippen molar-refractivity contribution in [3.63, 3.8) is 0 Å². The summed E-state index contributed by atoms with van der Waals surface area (Å²) < 4.78 is 0. The highest BCUT2D eigenvalue weighted by molar-refractivity contribution is 5.80. The van der Waals surface area contributed by atoms with Gasteiger partial charge < -0.3 is 16.0 Å². The minimum Gasteiger partial charge on any atom is -0.397 e. The number of nitrogens with one attached hydrogen (secondary N) is 1. The Bertz CT molecular complexity index is 626. The fraction of sp³-hybridized carbons (Fsp3) is 0.133. The third-order valence-electron chi connectivity index (χ3n) is 2.84. The summed E-state index contributed by atoms with van der Waals surface area (Å²) in [7, 11) is 3.98. The van der Waals surface area contributed by atoms with E-state index in [1.807, 2.05) is 49.3 Å². The van der Waals surface area contributed by atoms with E-state index in [0.717, 1.165) is 17.1 Å². The zero-order chi connectivity index (χ0) is 13.8. The second-order valence-corrected chi connectivity index (χ2v) is 4.45. The molecule has 0 saturated heterocycles. The predicted octanol–water partition coefficient (Wildman–Crippen LogP) is 2.95. The maximum absolute atomic E-state index is 8.83. The molecule has 0 aromatic heterocycles. The molecular formula is C15H16N4. The Hall–Kier alpha value is -2.67. The summed E-state index contributed by atoms with van der Waals surface area (Å²) in [6, 6.07) is 15.3. The van der Waals surface area contributed by atoms with E-state index in [0.29, 0.717) is 11.3 Å². The Morgan fingerprint density at radius 1 is 1.11 bits per heavy atom. The number of nitrogens with two attached hydrogens (primary N) is 1. The van der Waals surface area contributed by atoms with Gasteiger partial charge in [-0.25, -0.2) is 0 Å². The molecular weight excluding hydrogens is 236 g/mol. The molecule has 0 saturated carbocycles. The van der Waals surface area contributed by atoms with Gasteiger partial charge in [-0.05, 0) is 30.3 Å². The van der Waals surface area contributed by atoms with Gasteiger partial charge in [0.1, 0.15) is 0 Å². The number of nitrogens with zero attached hydrogens (tertiary/aromatic N) is 2. The minimum atomic E-state index is 0.559. The number of rotatable bonds is 3. The summed E-state index contributed by atoms with van der Waals surface area (Å²) in [5, 5.41) is 12.1. The van der Waals surface area contributed by atoms with E-state index in [2.05, 4.69) is 11.4 Å². The lowest BCUT2D eigenvalue weighted by atomic mass is 10.1. The molecule has 0 heterocycles. The lowest BCUT2D eigenvalue weighted by Crippen LogP contribution is -2.11. The van der Waals surface area contributed by atoms with E-state index < -0.39 is 0 Å². The Morgan fingerprint density at radius 2 is 1.84 bits per heavy atom. The number of hydrogen-bond donors (Lipinski definition) is 2. The SMILES string of the molecule is CN(C)c1ccccc1Nc1ccc(C#N)cc1N. The summed E-state index contributed by atoms with van der Waals surface area (Å²) in [5.74, 6) is 0. The Kier molecular flexibility index (Phi) is 3.58. The Balaban J connectivity index is 2.34. The van der Waals surface area contributed by atoms with Crippen LogP contribution in [0.2, 0.25) is 0 Å². The van der Waals surface area contributed by atoms with Crippen LogP contribution in [0.4, 0.5) is 22.7 Å². The van der Waals surface area contributed by atoms with Crippen LogP contribution in [0.5, 0.6) is 0 Å². The van der Waals surface area contributed by atoms with Crippen molar-refractivity contribution in [1.29, 1.82) is 5.26 Å². The zero-order valence-electron chi connectivity index (χ0n) is 11.0. The molecule has 19 heavy (non-hydrogen) atoms. The molecule has 0 atom stereocenters. The van der Waals surface area contributed by atoms with Gasteiger partial charge >= 0.3 is 0 Å². The molecule has 0 radical (unpaired) electrons. The van der Waals surface area contributed by atoms with Crippen LogP contribution in [0.15, 0.2) is 42.5 Å². The highest BCUT2D eigenvalue weighted by atomic mass is 15.1. The van der Waals surface area contributed by atoms with E-state index in [4.69, 9.17) is 11.0 Å². The van der Waals surface area contributed by atoms with Crippen LogP contribution in [0.25, 0.3) is 0 Å². The first kappa shape index (κ1) is 12.8. The Morgan fingerprint density at radius 3 is 2.47 bits per heavy atom. The standard InChI is InChI=1S/C15H16N4/c1-19(2)15-6-4-3-5-14(15)18-13-8-7-11(10-16)9-12(13)17/h3-9,18H,17H2,1-2H3. The first-order valence-electron chi connectivity index (χ1n) is 5.95. The molecule has 0 fully saturated rings. The van der Waals surface area contributed by atoms with Gasteiger partial charge in [0.05, 0.1) is 34.4 Å². The van der Waals surface area contributed by atoms with Crippen molar-refractivity contribution in [2.24, 2.45) is 0 Å². The third kappa shape index (κ3) is 2.78. The highest BCUT2D eigenvalue weighted by Crippen LogP contribution is 2.30. The molecule has 2 aromatic carbocycles. The quantitative estimate of drug-likeness (QED) is 0.824. The number of para-hydroxylation sites is 2. The molecule has 0 aliphatic heterocycles. The van der Waals surface area contributed by atoms with Crippen molar-refractivity contribution in [2.45, 2.75) is 0 Å². The van der Waals surface area contributed by atoms with Gasteiger partial charge in [0, 0.05) is 14.1 Å². The summed E-state index contributed by atoms with van der Waals surface area (Å²) in [6.07, 6.45) is 0. The van der Waals surface area contributed by atoms with Crippen LogP contribution in [0.1, 0.15) is 5.56 Å². The van der Waals surface area contributed by atoms with Crippen LogP contribution in [0, 0.1) is 11.3 Å². The third-order valence-corrected chi connectivity index (χ3v) is 2.84. The van der Waals surface area contributed by atoms with E-state index in [1.165, 1.54) is 0 Å². The van der Waals surface area contributed by atoms with E-state index >= 15 is 0 Å². The van der Waals surface area contributed by atoms with Gasteiger partial charge in [-0.3, -0.25) is 0 Å². The molecule has 2 aromatic rings. The van der Waals surface area contributed by atoms with Crippen LogP contribution < -0.4 is 16.0 Å². The van der Waals surface area contributed by atoms with Crippen molar-refractivity contribution < 1.29 is 0 Å². The number of anilines is 4. The maximum Gasteiger partial charge on any atom is 0.0992 e. The summed E-state index contributed by atoms with van der Waals surface area (Å²) in [5.41, 5.74) is 9.92. The van der Waals surface area contributed by atoms with E-state index in [9.17, 15) is 0 Å². The zero-order valence-corrected chi connectivity index (χ0v) is 11.0. The topological polar surface area (TPSA) is 65.1 Å². The van der Waals surface area contributed by atoms with Gasteiger partial charge in [-0.15, -0.1) is 0 Å². The summed E-state index contributed by atoms with van der Waals surface area (Å²) >= 11 is 0. The monoisotopic (exact) mass is 252 g/mol. The molecule has 0 amide bonds. The largest absolute Gasteiger partial charge is 0.397 e. The number of benzene rings is 2. The molecule has 3 N–H and O–H groups in total. The van der Waals surface area contributed by atoms with Gasteiger partial charge in [0.15, 0.2) is 0 Å². The highest BCUT2D eigenvalue weighted by Gasteiger charge is 2.06. The van der Waals surface area contributed by atoms with Crippen molar-refractivity contribution in [3.05, 3.63) is 48.0 Å². The van der Waals surface area contributed by atoms with Gasteiger partial charge in [0.2, 0.25) is 0 Å².